The summed E-state index contributed by atoms with van der Waals surface area (Å²) in [5, 5.41) is 20.9. The Hall–Kier alpha value is -1.57. The molecule has 0 radical (unpaired) electrons. The molecule has 1 saturated carbocycles. The molecule has 25 heavy (non-hydrogen) atoms. The Bertz CT molecular complexity index is 625. The second-order valence-electron chi connectivity index (χ2n) is 7.06. The monoisotopic (exact) mass is 356 g/mol. The van der Waals surface area contributed by atoms with Gasteiger partial charge in [-0.2, -0.15) is 0 Å². The molecule has 0 bridgehead atoms. The van der Waals surface area contributed by atoms with Crippen LogP contribution in [0.1, 0.15) is 49.1 Å². The van der Waals surface area contributed by atoms with Crippen molar-refractivity contribution in [1.29, 1.82) is 0 Å². The van der Waals surface area contributed by atoms with Crippen molar-refractivity contribution in [3.05, 3.63) is 34.9 Å². The Labute approximate surface area is 146 Å². The third-order valence-corrected chi connectivity index (χ3v) is 4.91. The fourth-order valence-electron chi connectivity index (χ4n) is 3.53. The number of benzene rings is 1. The van der Waals surface area contributed by atoms with Crippen molar-refractivity contribution in [1.82, 2.24) is 10.4 Å². The van der Waals surface area contributed by atoms with Crippen LogP contribution in [0.5, 0.6) is 0 Å². The summed E-state index contributed by atoms with van der Waals surface area (Å²) in [5.41, 5.74) is 3.67. The maximum absolute atomic E-state index is 14.3. The fraction of sp³-hybridized carbons (Fsp3) is 0.611. The predicted octanol–water partition coefficient (Wildman–Crippen LogP) is 2.46. The van der Waals surface area contributed by atoms with Crippen molar-refractivity contribution in [3.8, 4) is 0 Å². The van der Waals surface area contributed by atoms with Crippen LogP contribution >= 0.6 is 0 Å². The minimum atomic E-state index is -1.06. The number of carbonyl (C=O) groups is 1. The molecule has 1 aromatic rings. The lowest BCUT2D eigenvalue weighted by atomic mass is 9.85. The molecule has 5 nitrogen and oxygen atoms in total. The first-order valence-corrected chi connectivity index (χ1v) is 8.51. The van der Waals surface area contributed by atoms with E-state index >= 15 is 0 Å². The van der Waals surface area contributed by atoms with Crippen molar-refractivity contribution in [2.75, 3.05) is 20.6 Å². The second-order valence-corrected chi connectivity index (χ2v) is 7.06. The zero-order valence-corrected chi connectivity index (χ0v) is 14.8. The number of carboxylic acids is 1. The van der Waals surface area contributed by atoms with Gasteiger partial charge in [0.05, 0.1) is 12.0 Å². The van der Waals surface area contributed by atoms with Crippen LogP contribution in [0, 0.1) is 17.6 Å². The lowest BCUT2D eigenvalue weighted by molar-refractivity contribution is -0.142. The lowest BCUT2D eigenvalue weighted by Gasteiger charge is -2.21. The molecule has 140 valence electrons. The number of halogens is 2. The first kappa shape index (κ1) is 19.8. The highest BCUT2D eigenvalue weighted by atomic mass is 19.1. The van der Waals surface area contributed by atoms with Crippen LogP contribution in [0.15, 0.2) is 12.1 Å². The van der Waals surface area contributed by atoms with Crippen LogP contribution < -0.4 is 5.43 Å². The normalized spacial score (nSPS) is 24.7. The summed E-state index contributed by atoms with van der Waals surface area (Å²) in [4.78, 5) is 11.4. The first-order chi connectivity index (χ1) is 11.7. The summed E-state index contributed by atoms with van der Waals surface area (Å²) in [6.45, 7) is 2.50. The van der Waals surface area contributed by atoms with Crippen LogP contribution in [-0.4, -0.2) is 47.9 Å². The van der Waals surface area contributed by atoms with Gasteiger partial charge in [-0.05, 0) is 42.4 Å². The molecule has 3 N–H and O–H groups in total. The van der Waals surface area contributed by atoms with Crippen molar-refractivity contribution in [3.63, 3.8) is 0 Å². The molecule has 0 heterocycles. The number of aliphatic hydroxyl groups is 1. The largest absolute Gasteiger partial charge is 0.481 e. The molecule has 1 aromatic carbocycles. The number of hydrazine groups is 1. The first-order valence-electron chi connectivity index (χ1n) is 8.51. The molecule has 1 aliphatic rings. The Morgan fingerprint density at radius 3 is 2.60 bits per heavy atom. The van der Waals surface area contributed by atoms with Gasteiger partial charge in [0.1, 0.15) is 11.6 Å². The summed E-state index contributed by atoms with van der Waals surface area (Å²) < 4.78 is 28.6. The molecule has 2 rings (SSSR count). The summed E-state index contributed by atoms with van der Waals surface area (Å²) in [6, 6.07) is 2.29. The van der Waals surface area contributed by atoms with E-state index in [2.05, 4.69) is 5.43 Å². The molecule has 0 saturated heterocycles. The highest BCUT2D eigenvalue weighted by Crippen LogP contribution is 2.42. The molecule has 1 fully saturated rings. The number of rotatable bonds is 7. The van der Waals surface area contributed by atoms with E-state index in [1.54, 1.807) is 5.01 Å². The van der Waals surface area contributed by atoms with Crippen LogP contribution in [0.2, 0.25) is 0 Å². The molecule has 7 heteroatoms. The van der Waals surface area contributed by atoms with Gasteiger partial charge < -0.3 is 10.2 Å². The Morgan fingerprint density at radius 2 is 2.00 bits per heavy atom. The molecule has 4 atom stereocenters. The van der Waals surface area contributed by atoms with Gasteiger partial charge in [0.25, 0.3) is 0 Å². The number of hydrogen-bond acceptors (Lipinski definition) is 4. The van der Waals surface area contributed by atoms with Crippen LogP contribution in [0.4, 0.5) is 8.78 Å². The van der Waals surface area contributed by atoms with Crippen LogP contribution in [-0.2, 0) is 4.79 Å². The topological polar surface area (TPSA) is 72.8 Å². The highest BCUT2D eigenvalue weighted by molar-refractivity contribution is 5.72. The van der Waals surface area contributed by atoms with E-state index in [9.17, 15) is 23.8 Å². The van der Waals surface area contributed by atoms with Crippen LogP contribution in [0.3, 0.4) is 0 Å². The third-order valence-electron chi connectivity index (χ3n) is 4.91. The van der Waals surface area contributed by atoms with E-state index in [1.165, 1.54) is 6.07 Å². The second kappa shape index (κ2) is 8.21. The van der Waals surface area contributed by atoms with Gasteiger partial charge in [-0.25, -0.2) is 8.78 Å². The standard InChI is InChI=1S/C18H26F2N2O3/c1-10(4-5-21-22(2)3)12-8-14(17(20)9-16(12)19)13-6-11(23)7-15(13)18(24)25/h8-11,13,15,21,23H,4-7H2,1-3H3,(H,24,25). The minimum Gasteiger partial charge on any atom is -0.481 e. The Kier molecular flexibility index (Phi) is 6.48. The number of nitrogens with zero attached hydrogens (tertiary/aromatic N) is 1. The van der Waals surface area contributed by atoms with Crippen molar-refractivity contribution < 1.29 is 23.8 Å². The average Bonchev–Trinajstić information content (AvgIpc) is 2.88. The molecular formula is C18H26F2N2O3. The van der Waals surface area contributed by atoms with Gasteiger partial charge in [0.2, 0.25) is 0 Å². The number of aliphatic carboxylic acids is 1. The summed E-state index contributed by atoms with van der Waals surface area (Å²) >= 11 is 0. The Morgan fingerprint density at radius 1 is 1.32 bits per heavy atom. The van der Waals surface area contributed by atoms with Crippen molar-refractivity contribution >= 4 is 5.97 Å². The van der Waals surface area contributed by atoms with E-state index in [-0.39, 0.29) is 24.3 Å². The number of hydrogen-bond donors (Lipinski definition) is 3. The van der Waals surface area contributed by atoms with E-state index in [4.69, 9.17) is 0 Å². The van der Waals surface area contributed by atoms with E-state index in [1.807, 2.05) is 21.0 Å². The van der Waals surface area contributed by atoms with E-state index in [0.29, 0.717) is 18.5 Å². The van der Waals surface area contributed by atoms with Gasteiger partial charge in [0, 0.05) is 32.6 Å². The summed E-state index contributed by atoms with van der Waals surface area (Å²) in [7, 11) is 3.72. The SMILES string of the molecule is CC(CCNN(C)C)c1cc(C2CC(O)CC2C(=O)O)c(F)cc1F. The van der Waals surface area contributed by atoms with E-state index < -0.39 is 35.5 Å². The number of aliphatic hydroxyl groups excluding tert-OH is 1. The molecular weight excluding hydrogens is 330 g/mol. The van der Waals surface area contributed by atoms with Crippen molar-refractivity contribution in [2.45, 2.75) is 44.1 Å². The Balaban J connectivity index is 2.26. The molecule has 0 spiro atoms. The molecule has 0 aromatic heterocycles. The number of carboxylic acid groups (broad SMARTS) is 1. The average molecular weight is 356 g/mol. The van der Waals surface area contributed by atoms with Gasteiger partial charge in [-0.1, -0.05) is 6.92 Å². The van der Waals surface area contributed by atoms with E-state index in [0.717, 1.165) is 6.07 Å². The maximum atomic E-state index is 14.3. The molecule has 1 aliphatic carbocycles. The summed E-state index contributed by atoms with van der Waals surface area (Å²) in [6.07, 6.45) is 0.139. The molecule has 4 unspecified atom stereocenters. The van der Waals surface area contributed by atoms with Crippen LogP contribution in [0.25, 0.3) is 0 Å². The lowest BCUT2D eigenvalue weighted by Crippen LogP contribution is -2.31. The quantitative estimate of drug-likeness (QED) is 0.655. The smallest absolute Gasteiger partial charge is 0.307 e. The highest BCUT2D eigenvalue weighted by Gasteiger charge is 2.40. The maximum Gasteiger partial charge on any atom is 0.307 e. The van der Waals surface area contributed by atoms with Gasteiger partial charge in [-0.15, -0.1) is 0 Å². The van der Waals surface area contributed by atoms with Crippen molar-refractivity contribution in [2.24, 2.45) is 5.92 Å². The fourth-order valence-corrected chi connectivity index (χ4v) is 3.53. The number of nitrogens with one attached hydrogen (secondary N) is 1. The zero-order chi connectivity index (χ0) is 18.7. The zero-order valence-electron chi connectivity index (χ0n) is 14.8. The van der Waals surface area contributed by atoms with Gasteiger partial charge >= 0.3 is 5.97 Å². The molecule has 0 amide bonds. The van der Waals surface area contributed by atoms with Gasteiger partial charge in [-0.3, -0.25) is 15.2 Å². The predicted molar refractivity (Wildman–Crippen MR) is 90.2 cm³/mol. The van der Waals surface area contributed by atoms with Gasteiger partial charge in [0.15, 0.2) is 0 Å². The third kappa shape index (κ3) is 4.74. The minimum absolute atomic E-state index is 0.0917. The summed E-state index contributed by atoms with van der Waals surface area (Å²) in [5.74, 6) is -4.07. The molecule has 0 aliphatic heterocycles.